The van der Waals surface area contributed by atoms with Gasteiger partial charge in [-0.25, -0.2) is 4.98 Å². The number of pyridine rings is 1. The number of hydrogen-bond donors (Lipinski definition) is 0. The molecular weight excluding hydrogens is 593 g/mol. The quantitative estimate of drug-likeness (QED) is 0.197. The summed E-state index contributed by atoms with van der Waals surface area (Å²) in [6.07, 6.45) is 2.08. The zero-order valence-corrected chi connectivity index (χ0v) is 25.8. The first-order chi connectivity index (χ1) is 21.8. The summed E-state index contributed by atoms with van der Waals surface area (Å²) in [5.74, 6) is 0.924. The number of rotatable bonds is 3. The van der Waals surface area contributed by atoms with E-state index in [9.17, 15) is 0 Å². The molecule has 0 aliphatic rings. The molecular formula is C39H22N2S3. The van der Waals surface area contributed by atoms with Gasteiger partial charge in [0.15, 0.2) is 0 Å². The lowest BCUT2D eigenvalue weighted by atomic mass is 10.0. The Morgan fingerprint density at radius 3 is 1.86 bits per heavy atom. The molecule has 0 fully saturated rings. The number of anilines is 3. The highest BCUT2D eigenvalue weighted by Gasteiger charge is 2.19. The van der Waals surface area contributed by atoms with Gasteiger partial charge in [0, 0.05) is 78.1 Å². The Morgan fingerprint density at radius 1 is 0.409 bits per heavy atom. The van der Waals surface area contributed by atoms with Crippen molar-refractivity contribution in [3.05, 3.63) is 134 Å². The maximum atomic E-state index is 5.18. The van der Waals surface area contributed by atoms with Gasteiger partial charge >= 0.3 is 0 Å². The lowest BCUT2D eigenvalue weighted by Crippen LogP contribution is -2.11. The molecule has 4 aromatic heterocycles. The van der Waals surface area contributed by atoms with Crippen LogP contribution in [0, 0.1) is 0 Å². The predicted molar refractivity (Wildman–Crippen MR) is 195 cm³/mol. The molecule has 0 unspecified atom stereocenters. The van der Waals surface area contributed by atoms with Crippen LogP contribution in [0.1, 0.15) is 0 Å². The molecule has 44 heavy (non-hydrogen) atoms. The van der Waals surface area contributed by atoms with Crippen LogP contribution in [0.25, 0.3) is 71.3 Å². The van der Waals surface area contributed by atoms with Gasteiger partial charge < -0.3 is 0 Å². The van der Waals surface area contributed by atoms with E-state index in [0.29, 0.717) is 0 Å². The Hall–Kier alpha value is -4.81. The molecule has 6 aromatic carbocycles. The van der Waals surface area contributed by atoms with Crippen LogP contribution in [-0.2, 0) is 0 Å². The third kappa shape index (κ3) is 3.61. The van der Waals surface area contributed by atoms with E-state index in [4.69, 9.17) is 4.98 Å². The van der Waals surface area contributed by atoms with Crippen molar-refractivity contribution in [2.24, 2.45) is 0 Å². The van der Waals surface area contributed by atoms with Crippen molar-refractivity contribution in [3.63, 3.8) is 0 Å². The molecule has 0 aliphatic carbocycles. The first-order valence-electron chi connectivity index (χ1n) is 14.6. The zero-order chi connectivity index (χ0) is 28.8. The molecule has 0 saturated heterocycles. The molecule has 0 spiro atoms. The molecule has 0 radical (unpaired) electrons. The van der Waals surface area contributed by atoms with Gasteiger partial charge in [0.05, 0.1) is 0 Å². The van der Waals surface area contributed by atoms with Crippen molar-refractivity contribution >= 4 is 122 Å². The van der Waals surface area contributed by atoms with Gasteiger partial charge in [-0.05, 0) is 65.4 Å². The molecule has 0 N–H and O–H groups in total. The number of hydrogen-bond acceptors (Lipinski definition) is 5. The summed E-state index contributed by atoms with van der Waals surface area (Å²) in [6.45, 7) is 0. The Labute approximate surface area is 264 Å². The number of nitrogens with zero attached hydrogens (tertiary/aromatic N) is 2. The Balaban J connectivity index is 1.22. The average Bonchev–Trinajstić information content (AvgIpc) is 3.75. The molecule has 4 heterocycles. The standard InChI is InChI=1S/C39H22N2S3/c1-2-8-26-23(7-1)13-17-35-39(26)31-22-40-38(21-37(31)44-35)41(24-15-18-34-30(19-24)28-10-4-6-12-33(28)42-34)25-14-16-29-27-9-3-5-11-32(27)43-36(29)20-25/h1-22H. The minimum absolute atomic E-state index is 0.924. The second-order valence-electron chi connectivity index (χ2n) is 11.2. The summed E-state index contributed by atoms with van der Waals surface area (Å²) in [6, 6.07) is 46.5. The van der Waals surface area contributed by atoms with E-state index < -0.39 is 0 Å². The van der Waals surface area contributed by atoms with E-state index in [2.05, 4.69) is 138 Å². The summed E-state index contributed by atoms with van der Waals surface area (Å²) < 4.78 is 7.75. The molecule has 0 aliphatic heterocycles. The third-order valence-electron chi connectivity index (χ3n) is 8.70. The highest BCUT2D eigenvalue weighted by atomic mass is 32.1. The fourth-order valence-corrected chi connectivity index (χ4v) is 10.0. The molecule has 2 nitrogen and oxygen atoms in total. The van der Waals surface area contributed by atoms with E-state index >= 15 is 0 Å². The predicted octanol–water partition coefficient (Wildman–Crippen LogP) is 12.8. The van der Waals surface area contributed by atoms with Gasteiger partial charge in [-0.3, -0.25) is 4.90 Å². The molecule has 0 saturated carbocycles. The Morgan fingerprint density at radius 2 is 1.00 bits per heavy atom. The van der Waals surface area contributed by atoms with Gasteiger partial charge in [0.1, 0.15) is 5.82 Å². The second-order valence-corrected chi connectivity index (χ2v) is 14.4. The van der Waals surface area contributed by atoms with E-state index in [-0.39, 0.29) is 0 Å². The number of fused-ring (bicyclic) bond motifs is 11. The maximum Gasteiger partial charge on any atom is 0.138 e. The van der Waals surface area contributed by atoms with Crippen LogP contribution in [0.5, 0.6) is 0 Å². The van der Waals surface area contributed by atoms with E-state index in [0.717, 1.165) is 17.2 Å². The van der Waals surface area contributed by atoms with Crippen molar-refractivity contribution in [3.8, 4) is 0 Å². The largest absolute Gasteiger partial charge is 0.295 e. The molecule has 5 heteroatoms. The van der Waals surface area contributed by atoms with Crippen LogP contribution in [0.4, 0.5) is 17.2 Å². The van der Waals surface area contributed by atoms with Crippen LogP contribution >= 0.6 is 34.0 Å². The summed E-state index contributed by atoms with van der Waals surface area (Å²) >= 11 is 5.55. The smallest absolute Gasteiger partial charge is 0.138 e. The average molecular weight is 615 g/mol. The van der Waals surface area contributed by atoms with Crippen molar-refractivity contribution < 1.29 is 0 Å². The highest BCUT2D eigenvalue weighted by molar-refractivity contribution is 7.26. The van der Waals surface area contributed by atoms with Crippen molar-refractivity contribution in [2.45, 2.75) is 0 Å². The lowest BCUT2D eigenvalue weighted by molar-refractivity contribution is 1.20. The number of benzene rings is 6. The first-order valence-corrected chi connectivity index (χ1v) is 17.1. The first kappa shape index (κ1) is 24.6. The Bertz CT molecular complexity index is 2750. The number of aromatic nitrogens is 1. The Kier molecular flexibility index (Phi) is 5.23. The fourth-order valence-electron chi connectivity index (χ4n) is 6.67. The maximum absolute atomic E-state index is 5.18. The monoisotopic (exact) mass is 614 g/mol. The van der Waals surface area contributed by atoms with Crippen LogP contribution in [0.3, 0.4) is 0 Å². The molecule has 0 amide bonds. The van der Waals surface area contributed by atoms with Crippen molar-refractivity contribution in [1.82, 2.24) is 4.98 Å². The van der Waals surface area contributed by atoms with Crippen molar-refractivity contribution in [1.29, 1.82) is 0 Å². The van der Waals surface area contributed by atoms with Gasteiger partial charge in [-0.1, -0.05) is 72.8 Å². The van der Waals surface area contributed by atoms with Crippen LogP contribution in [0.15, 0.2) is 134 Å². The van der Waals surface area contributed by atoms with Gasteiger partial charge in [-0.15, -0.1) is 34.0 Å². The summed E-state index contributed by atoms with van der Waals surface area (Å²) in [4.78, 5) is 7.51. The molecule has 0 bridgehead atoms. The van der Waals surface area contributed by atoms with E-state index in [1.54, 1.807) is 0 Å². The van der Waals surface area contributed by atoms with Gasteiger partial charge in [0.2, 0.25) is 0 Å². The highest BCUT2D eigenvalue weighted by Crippen LogP contribution is 2.45. The zero-order valence-electron chi connectivity index (χ0n) is 23.3. The molecule has 10 aromatic rings. The molecule has 0 atom stereocenters. The van der Waals surface area contributed by atoms with E-state index in [1.807, 2.05) is 34.0 Å². The lowest BCUT2D eigenvalue weighted by Gasteiger charge is -2.24. The number of thiophene rings is 3. The van der Waals surface area contributed by atoms with E-state index in [1.165, 1.54) is 71.3 Å². The summed E-state index contributed by atoms with van der Waals surface area (Å²) in [5.41, 5.74) is 2.22. The molecule has 206 valence electrons. The minimum Gasteiger partial charge on any atom is -0.295 e. The normalized spacial score (nSPS) is 12.1. The topological polar surface area (TPSA) is 16.1 Å². The van der Waals surface area contributed by atoms with Crippen LogP contribution in [-0.4, -0.2) is 4.98 Å². The minimum atomic E-state index is 0.924. The SMILES string of the molecule is c1ccc2c(c1)ccc1sc3cc(N(c4ccc5c(c4)sc4ccccc45)c4ccc5sc6ccccc6c5c4)ncc3c12. The fraction of sp³-hybridized carbons (Fsp3) is 0. The van der Waals surface area contributed by atoms with Crippen LogP contribution in [0.2, 0.25) is 0 Å². The molecule has 10 rings (SSSR count). The summed E-state index contributed by atoms with van der Waals surface area (Å²) in [7, 11) is 0. The van der Waals surface area contributed by atoms with Crippen LogP contribution < -0.4 is 4.90 Å². The second kappa shape index (κ2) is 9.34. The van der Waals surface area contributed by atoms with Gasteiger partial charge in [-0.2, -0.15) is 0 Å². The van der Waals surface area contributed by atoms with Gasteiger partial charge in [0.25, 0.3) is 0 Å². The third-order valence-corrected chi connectivity index (χ3v) is 12.1. The van der Waals surface area contributed by atoms with Crippen molar-refractivity contribution in [2.75, 3.05) is 4.90 Å². The summed E-state index contributed by atoms with van der Waals surface area (Å²) in [5, 5.41) is 10.3.